The number of hydroxylamine groups is 1. The maximum absolute atomic E-state index is 13.9. The standard InChI is InChI=1S/C21H27N3O6S/c1-30-18-8-10-19(11-9-18)31(28,29)21(20(26)24-27,16-4-6-17(25)7-5-16)23-14-15-3-2-12-22-13-15/h2-3,8-13,16-17,23,25,27H,4-7,14H2,1H3,(H,24,26)/t16?,17?,21-/m1/s1. The van der Waals surface area contributed by atoms with Crippen LogP contribution in [0.2, 0.25) is 0 Å². The topological polar surface area (TPSA) is 138 Å². The molecule has 168 valence electrons. The predicted molar refractivity (Wildman–Crippen MR) is 112 cm³/mol. The van der Waals surface area contributed by atoms with Crippen molar-refractivity contribution in [3.63, 3.8) is 0 Å². The molecule has 1 amide bonds. The second-order valence-electron chi connectivity index (χ2n) is 7.58. The number of carbonyl (C=O) groups excluding carboxylic acids is 1. The number of pyridine rings is 1. The fourth-order valence-electron chi connectivity index (χ4n) is 4.09. The van der Waals surface area contributed by atoms with Gasteiger partial charge >= 0.3 is 0 Å². The largest absolute Gasteiger partial charge is 0.497 e. The van der Waals surface area contributed by atoms with E-state index in [2.05, 4.69) is 10.3 Å². The quantitative estimate of drug-likeness (QED) is 0.351. The van der Waals surface area contributed by atoms with Crippen molar-refractivity contribution in [2.75, 3.05) is 7.11 Å². The van der Waals surface area contributed by atoms with E-state index in [-0.39, 0.29) is 11.4 Å². The molecule has 1 atom stereocenters. The second-order valence-corrected chi connectivity index (χ2v) is 9.70. The molecule has 0 unspecified atom stereocenters. The Bertz CT molecular complexity index is 976. The fraction of sp³-hybridized carbons (Fsp3) is 0.429. The summed E-state index contributed by atoms with van der Waals surface area (Å²) in [6, 6.07) is 9.21. The number of nitrogens with one attached hydrogen (secondary N) is 2. The number of aliphatic hydroxyl groups excluding tert-OH is 1. The Morgan fingerprint density at radius 1 is 1.19 bits per heavy atom. The molecule has 9 nitrogen and oxygen atoms in total. The first-order valence-corrected chi connectivity index (χ1v) is 11.5. The van der Waals surface area contributed by atoms with Gasteiger partial charge in [0.15, 0.2) is 0 Å². The number of aliphatic hydroxyl groups is 1. The van der Waals surface area contributed by atoms with E-state index in [9.17, 15) is 23.5 Å². The zero-order valence-corrected chi connectivity index (χ0v) is 18.0. The number of nitrogens with zero attached hydrogens (tertiary/aromatic N) is 1. The molecule has 0 aliphatic heterocycles. The normalized spacial score (nSPS) is 21.1. The summed E-state index contributed by atoms with van der Waals surface area (Å²) >= 11 is 0. The summed E-state index contributed by atoms with van der Waals surface area (Å²) in [5, 5.41) is 22.4. The highest BCUT2D eigenvalue weighted by molar-refractivity contribution is 7.93. The highest BCUT2D eigenvalue weighted by Gasteiger charge is 2.57. The van der Waals surface area contributed by atoms with Crippen LogP contribution in [0.3, 0.4) is 0 Å². The van der Waals surface area contributed by atoms with E-state index in [0.29, 0.717) is 37.0 Å². The first-order chi connectivity index (χ1) is 14.8. The molecule has 10 heteroatoms. The van der Waals surface area contributed by atoms with Gasteiger partial charge in [-0.3, -0.25) is 20.3 Å². The Balaban J connectivity index is 2.10. The van der Waals surface area contributed by atoms with Crippen LogP contribution in [0.25, 0.3) is 0 Å². The van der Waals surface area contributed by atoms with E-state index in [1.54, 1.807) is 30.0 Å². The Labute approximate surface area is 181 Å². The van der Waals surface area contributed by atoms with Crippen molar-refractivity contribution in [2.24, 2.45) is 5.92 Å². The van der Waals surface area contributed by atoms with Gasteiger partial charge in [0.1, 0.15) is 5.75 Å². The molecule has 31 heavy (non-hydrogen) atoms. The number of hydrogen-bond donors (Lipinski definition) is 4. The minimum Gasteiger partial charge on any atom is -0.497 e. The van der Waals surface area contributed by atoms with Crippen molar-refractivity contribution in [3.8, 4) is 5.75 Å². The number of benzene rings is 1. The number of methoxy groups -OCH3 is 1. The van der Waals surface area contributed by atoms with E-state index in [1.165, 1.54) is 31.4 Å². The van der Waals surface area contributed by atoms with Crippen LogP contribution in [0.15, 0.2) is 53.7 Å². The van der Waals surface area contributed by atoms with Crippen molar-refractivity contribution in [1.82, 2.24) is 15.8 Å². The lowest BCUT2D eigenvalue weighted by Gasteiger charge is -2.41. The van der Waals surface area contributed by atoms with E-state index in [4.69, 9.17) is 4.74 Å². The van der Waals surface area contributed by atoms with Crippen LogP contribution in [-0.2, 0) is 21.2 Å². The molecule has 0 radical (unpaired) electrons. The van der Waals surface area contributed by atoms with Crippen molar-refractivity contribution in [1.29, 1.82) is 0 Å². The molecule has 1 aliphatic rings. The average molecular weight is 450 g/mol. The van der Waals surface area contributed by atoms with Crippen molar-refractivity contribution in [2.45, 2.75) is 48.1 Å². The molecule has 2 aromatic rings. The van der Waals surface area contributed by atoms with Crippen LogP contribution in [0.1, 0.15) is 31.2 Å². The molecule has 3 rings (SSSR count). The van der Waals surface area contributed by atoms with Gasteiger partial charge in [0.05, 0.1) is 18.1 Å². The van der Waals surface area contributed by atoms with Gasteiger partial charge in [-0.15, -0.1) is 0 Å². The highest BCUT2D eigenvalue weighted by Crippen LogP contribution is 2.40. The lowest BCUT2D eigenvalue weighted by molar-refractivity contribution is -0.135. The summed E-state index contributed by atoms with van der Waals surface area (Å²) in [4.78, 5) is 14.9. The zero-order valence-electron chi connectivity index (χ0n) is 17.2. The van der Waals surface area contributed by atoms with Crippen LogP contribution in [0.5, 0.6) is 5.75 Å². The average Bonchev–Trinajstić information content (AvgIpc) is 2.80. The summed E-state index contributed by atoms with van der Waals surface area (Å²) in [6.45, 7) is 0.0374. The van der Waals surface area contributed by atoms with Gasteiger partial charge in [-0.1, -0.05) is 6.07 Å². The summed E-state index contributed by atoms with van der Waals surface area (Å²) in [7, 11) is -2.86. The van der Waals surface area contributed by atoms with E-state index < -0.39 is 32.6 Å². The highest BCUT2D eigenvalue weighted by atomic mass is 32.2. The summed E-state index contributed by atoms with van der Waals surface area (Å²) < 4.78 is 32.9. The molecular weight excluding hydrogens is 422 g/mol. The van der Waals surface area contributed by atoms with Gasteiger partial charge in [-0.25, -0.2) is 13.9 Å². The molecule has 0 bridgehead atoms. The molecule has 0 saturated heterocycles. The molecule has 1 saturated carbocycles. The Hall–Kier alpha value is -2.53. The number of sulfone groups is 1. The summed E-state index contributed by atoms with van der Waals surface area (Å²) in [5.41, 5.74) is 2.24. The van der Waals surface area contributed by atoms with Crippen LogP contribution < -0.4 is 15.5 Å². The molecule has 1 aliphatic carbocycles. The lowest BCUT2D eigenvalue weighted by atomic mass is 9.81. The molecule has 1 aromatic heterocycles. The number of aromatic nitrogens is 1. The summed E-state index contributed by atoms with van der Waals surface area (Å²) in [5.74, 6) is -1.26. The van der Waals surface area contributed by atoms with Crippen LogP contribution >= 0.6 is 0 Å². The number of amides is 1. The number of ether oxygens (including phenoxy) is 1. The Morgan fingerprint density at radius 3 is 2.42 bits per heavy atom. The number of hydrogen-bond acceptors (Lipinski definition) is 8. The van der Waals surface area contributed by atoms with Crippen LogP contribution in [0, 0.1) is 5.92 Å². The van der Waals surface area contributed by atoms with Crippen LogP contribution in [-0.4, -0.2) is 47.7 Å². The molecule has 1 aromatic carbocycles. The SMILES string of the molecule is COc1ccc(S(=O)(=O)[C@@](NCc2cccnc2)(C(=O)NO)C2CCC(O)CC2)cc1. The second kappa shape index (κ2) is 9.73. The first kappa shape index (κ1) is 23.1. The molecule has 1 heterocycles. The number of rotatable bonds is 8. The van der Waals surface area contributed by atoms with Gasteiger partial charge in [0.2, 0.25) is 14.7 Å². The monoisotopic (exact) mass is 449 g/mol. The maximum atomic E-state index is 13.9. The third-order valence-corrected chi connectivity index (χ3v) is 8.19. The Morgan fingerprint density at radius 2 is 1.87 bits per heavy atom. The lowest BCUT2D eigenvalue weighted by Crippen LogP contribution is -2.66. The van der Waals surface area contributed by atoms with E-state index in [0.717, 1.165) is 0 Å². The molecule has 4 N–H and O–H groups in total. The van der Waals surface area contributed by atoms with Crippen molar-refractivity contribution >= 4 is 15.7 Å². The van der Waals surface area contributed by atoms with E-state index >= 15 is 0 Å². The Kier molecular flexibility index (Phi) is 7.26. The minimum atomic E-state index is -4.33. The van der Waals surface area contributed by atoms with Gasteiger partial charge in [0.25, 0.3) is 5.91 Å². The number of carbonyl (C=O) groups is 1. The van der Waals surface area contributed by atoms with Gasteiger partial charge in [-0.2, -0.15) is 0 Å². The predicted octanol–water partition coefficient (Wildman–Crippen LogP) is 1.41. The zero-order chi connectivity index (χ0) is 22.5. The summed E-state index contributed by atoms with van der Waals surface area (Å²) in [6.07, 6.45) is 3.92. The maximum Gasteiger partial charge on any atom is 0.280 e. The van der Waals surface area contributed by atoms with Crippen molar-refractivity contribution in [3.05, 3.63) is 54.4 Å². The van der Waals surface area contributed by atoms with Gasteiger partial charge < -0.3 is 9.84 Å². The van der Waals surface area contributed by atoms with Gasteiger partial charge in [-0.05, 0) is 61.6 Å². The van der Waals surface area contributed by atoms with Crippen molar-refractivity contribution < 1.29 is 28.3 Å². The molecule has 0 spiro atoms. The smallest absolute Gasteiger partial charge is 0.280 e. The van der Waals surface area contributed by atoms with Crippen LogP contribution in [0.4, 0.5) is 0 Å². The fourth-order valence-corrected chi connectivity index (χ4v) is 6.18. The first-order valence-electron chi connectivity index (χ1n) is 10.0. The molecular formula is C21H27N3O6S. The van der Waals surface area contributed by atoms with E-state index in [1.807, 2.05) is 0 Å². The third kappa shape index (κ3) is 4.57. The van der Waals surface area contributed by atoms with Gasteiger partial charge in [0, 0.05) is 24.9 Å². The minimum absolute atomic E-state index is 0.0374. The third-order valence-electron chi connectivity index (χ3n) is 5.78. The molecule has 1 fully saturated rings.